The number of nitrogens with one attached hydrogen (secondary N) is 1. The molecule has 0 bridgehead atoms. The third kappa shape index (κ3) is 1.94. The Bertz CT molecular complexity index is 334. The van der Waals surface area contributed by atoms with Crippen molar-refractivity contribution in [2.24, 2.45) is 0 Å². The number of nitrogens with zero attached hydrogens (tertiary/aromatic N) is 1. The van der Waals surface area contributed by atoms with Crippen LogP contribution in [0.15, 0.2) is 18.2 Å². The van der Waals surface area contributed by atoms with Crippen LogP contribution in [0.1, 0.15) is 0 Å². The normalized spacial score (nSPS) is 17.9. The predicted molar refractivity (Wildman–Crippen MR) is 60.8 cm³/mol. The molecule has 2 rings (SSSR count). The van der Waals surface area contributed by atoms with Gasteiger partial charge in [0.15, 0.2) is 0 Å². The smallest absolute Gasteiger partial charge is 0.0658 e. The summed E-state index contributed by atoms with van der Waals surface area (Å²) in [5, 5.41) is 4.07. The molecule has 1 aromatic carbocycles. The number of likely N-dealkylation sites (N-methyl/N-ethyl adjacent to an activating group) is 1. The number of nitrogens with two attached hydrogens (primary N) is 1. The highest BCUT2D eigenvalue weighted by molar-refractivity contribution is 6.33. The van der Waals surface area contributed by atoms with Gasteiger partial charge in [-0.15, -0.1) is 0 Å². The molecule has 0 amide bonds. The zero-order chi connectivity index (χ0) is 10.1. The number of nitrogen functional groups attached to an aromatic ring is 1. The van der Waals surface area contributed by atoms with Gasteiger partial charge in [0.2, 0.25) is 0 Å². The molecule has 1 saturated heterocycles. The van der Waals surface area contributed by atoms with Crippen LogP contribution >= 0.6 is 11.6 Å². The minimum Gasteiger partial charge on any atom is -0.399 e. The fourth-order valence-corrected chi connectivity index (χ4v) is 1.90. The van der Waals surface area contributed by atoms with E-state index in [4.69, 9.17) is 17.3 Å². The topological polar surface area (TPSA) is 41.3 Å². The number of rotatable bonds is 2. The van der Waals surface area contributed by atoms with Gasteiger partial charge in [0.1, 0.15) is 0 Å². The molecule has 1 fully saturated rings. The molecule has 1 aromatic rings. The molecule has 0 aliphatic carbocycles. The second kappa shape index (κ2) is 3.67. The molecule has 0 aromatic heterocycles. The van der Waals surface area contributed by atoms with E-state index < -0.39 is 0 Å². The lowest BCUT2D eigenvalue weighted by atomic mass is 10.1. The third-order valence-corrected chi connectivity index (χ3v) is 2.73. The van der Waals surface area contributed by atoms with E-state index in [-0.39, 0.29) is 0 Å². The molecule has 3 nitrogen and oxygen atoms in total. The maximum atomic E-state index is 6.03. The first-order valence-corrected chi connectivity index (χ1v) is 5.03. The summed E-state index contributed by atoms with van der Waals surface area (Å²) in [7, 11) is 2.10. The zero-order valence-corrected chi connectivity index (χ0v) is 8.88. The molecule has 0 saturated carbocycles. The van der Waals surface area contributed by atoms with Crippen LogP contribution in [-0.4, -0.2) is 31.1 Å². The van der Waals surface area contributed by atoms with Gasteiger partial charge in [-0.2, -0.15) is 0 Å². The van der Waals surface area contributed by atoms with Crippen molar-refractivity contribution in [3.63, 3.8) is 0 Å². The molecule has 0 atom stereocenters. The summed E-state index contributed by atoms with van der Waals surface area (Å²) >= 11 is 6.03. The van der Waals surface area contributed by atoms with E-state index in [1.807, 2.05) is 12.1 Å². The van der Waals surface area contributed by atoms with Gasteiger partial charge in [0, 0.05) is 18.8 Å². The van der Waals surface area contributed by atoms with E-state index in [1.165, 1.54) is 0 Å². The fourth-order valence-electron chi connectivity index (χ4n) is 1.66. The molecular weight excluding hydrogens is 198 g/mol. The van der Waals surface area contributed by atoms with Gasteiger partial charge in [-0.3, -0.25) is 0 Å². The monoisotopic (exact) mass is 211 g/mol. The van der Waals surface area contributed by atoms with Crippen molar-refractivity contribution in [1.29, 1.82) is 0 Å². The van der Waals surface area contributed by atoms with E-state index in [1.54, 1.807) is 6.07 Å². The van der Waals surface area contributed by atoms with Crippen LogP contribution < -0.4 is 11.1 Å². The lowest BCUT2D eigenvalue weighted by molar-refractivity contribution is 0.205. The number of benzene rings is 1. The Morgan fingerprint density at radius 3 is 2.79 bits per heavy atom. The van der Waals surface area contributed by atoms with Crippen LogP contribution in [0, 0.1) is 0 Å². The van der Waals surface area contributed by atoms with Crippen molar-refractivity contribution in [1.82, 2.24) is 4.90 Å². The summed E-state index contributed by atoms with van der Waals surface area (Å²) in [6.45, 7) is 2.14. The molecule has 1 aliphatic rings. The van der Waals surface area contributed by atoms with Crippen molar-refractivity contribution < 1.29 is 0 Å². The predicted octanol–water partition coefficient (Wildman–Crippen LogP) is 1.65. The second-order valence-corrected chi connectivity index (χ2v) is 4.21. The van der Waals surface area contributed by atoms with Gasteiger partial charge in [-0.25, -0.2) is 0 Å². The summed E-state index contributed by atoms with van der Waals surface area (Å²) in [5.41, 5.74) is 7.28. The van der Waals surface area contributed by atoms with Gasteiger partial charge in [-0.1, -0.05) is 11.6 Å². The highest BCUT2D eigenvalue weighted by Gasteiger charge is 2.23. The summed E-state index contributed by atoms with van der Waals surface area (Å²) in [5.74, 6) is 0. The molecule has 1 heterocycles. The van der Waals surface area contributed by atoms with E-state index in [2.05, 4.69) is 17.3 Å². The lowest BCUT2D eigenvalue weighted by Gasteiger charge is -2.37. The Morgan fingerprint density at radius 2 is 2.21 bits per heavy atom. The number of hydrogen-bond acceptors (Lipinski definition) is 3. The lowest BCUT2D eigenvalue weighted by Crippen LogP contribution is -2.52. The Hall–Kier alpha value is -0.930. The number of halogens is 1. The first-order valence-electron chi connectivity index (χ1n) is 4.65. The minimum atomic E-state index is 0.515. The standard InChI is InChI=1S/C10H14ClN3/c1-14-5-8(6-14)13-10-3-2-7(12)4-9(10)11/h2-4,8,13H,5-6,12H2,1H3. The Labute approximate surface area is 88.8 Å². The Morgan fingerprint density at radius 1 is 1.50 bits per heavy atom. The van der Waals surface area contributed by atoms with Crippen LogP contribution in [0.2, 0.25) is 5.02 Å². The van der Waals surface area contributed by atoms with Gasteiger partial charge < -0.3 is 16.0 Å². The average molecular weight is 212 g/mol. The van der Waals surface area contributed by atoms with E-state index in [0.717, 1.165) is 18.8 Å². The summed E-state index contributed by atoms with van der Waals surface area (Å²) < 4.78 is 0. The molecule has 14 heavy (non-hydrogen) atoms. The van der Waals surface area contributed by atoms with Crippen LogP contribution in [-0.2, 0) is 0 Å². The number of anilines is 2. The molecule has 76 valence electrons. The molecule has 1 aliphatic heterocycles. The van der Waals surface area contributed by atoms with Crippen LogP contribution in [0.4, 0.5) is 11.4 Å². The largest absolute Gasteiger partial charge is 0.399 e. The third-order valence-electron chi connectivity index (χ3n) is 2.42. The molecule has 4 heteroatoms. The number of hydrogen-bond donors (Lipinski definition) is 2. The number of likely N-dealkylation sites (tertiary alicyclic amines) is 1. The molecule has 0 radical (unpaired) electrons. The first-order chi connectivity index (χ1) is 6.65. The van der Waals surface area contributed by atoms with Crippen molar-refractivity contribution in [2.45, 2.75) is 6.04 Å². The maximum Gasteiger partial charge on any atom is 0.0658 e. The quantitative estimate of drug-likeness (QED) is 0.731. The molecular formula is C10H14ClN3. The van der Waals surface area contributed by atoms with Crippen LogP contribution in [0.25, 0.3) is 0 Å². The van der Waals surface area contributed by atoms with Gasteiger partial charge in [-0.05, 0) is 25.2 Å². The van der Waals surface area contributed by atoms with E-state index >= 15 is 0 Å². The van der Waals surface area contributed by atoms with E-state index in [9.17, 15) is 0 Å². The average Bonchev–Trinajstić information content (AvgIpc) is 2.06. The summed E-state index contributed by atoms with van der Waals surface area (Å²) in [6.07, 6.45) is 0. The van der Waals surface area contributed by atoms with E-state index in [0.29, 0.717) is 16.8 Å². The zero-order valence-electron chi connectivity index (χ0n) is 8.13. The highest BCUT2D eigenvalue weighted by atomic mass is 35.5. The van der Waals surface area contributed by atoms with Crippen molar-refractivity contribution >= 4 is 23.0 Å². The van der Waals surface area contributed by atoms with Crippen molar-refractivity contribution in [3.05, 3.63) is 23.2 Å². The van der Waals surface area contributed by atoms with Gasteiger partial charge in [0.25, 0.3) is 0 Å². The fraction of sp³-hybridized carbons (Fsp3) is 0.400. The minimum absolute atomic E-state index is 0.515. The summed E-state index contributed by atoms with van der Waals surface area (Å²) in [6, 6.07) is 6.07. The first kappa shape index (κ1) is 9.62. The molecule has 3 N–H and O–H groups in total. The van der Waals surface area contributed by atoms with Gasteiger partial charge >= 0.3 is 0 Å². The van der Waals surface area contributed by atoms with Crippen LogP contribution in [0.5, 0.6) is 0 Å². The Balaban J connectivity index is 2.02. The highest BCUT2D eigenvalue weighted by Crippen LogP contribution is 2.25. The maximum absolute atomic E-state index is 6.03. The van der Waals surface area contributed by atoms with Crippen LogP contribution in [0.3, 0.4) is 0 Å². The molecule has 0 unspecified atom stereocenters. The van der Waals surface area contributed by atoms with Crippen molar-refractivity contribution in [2.75, 3.05) is 31.2 Å². The summed E-state index contributed by atoms with van der Waals surface area (Å²) in [4.78, 5) is 2.25. The van der Waals surface area contributed by atoms with Gasteiger partial charge in [0.05, 0.1) is 16.8 Å². The van der Waals surface area contributed by atoms with Crippen molar-refractivity contribution in [3.8, 4) is 0 Å². The molecule has 0 spiro atoms. The SMILES string of the molecule is CN1CC(Nc2ccc(N)cc2Cl)C1. The Kier molecular flexibility index (Phi) is 2.52. The second-order valence-electron chi connectivity index (χ2n) is 3.80.